The Bertz CT molecular complexity index is 789. The SMILES string of the molecule is C=CCNC(=O)C[C@@H]1COc2cc(C)ccc2N1Cc1ccc(F)cc1. The van der Waals surface area contributed by atoms with Gasteiger partial charge in [0.15, 0.2) is 0 Å². The minimum absolute atomic E-state index is 0.0434. The first-order valence-electron chi connectivity index (χ1n) is 8.69. The van der Waals surface area contributed by atoms with Crippen LogP contribution in [0.2, 0.25) is 0 Å². The Labute approximate surface area is 153 Å². The molecule has 5 heteroatoms. The molecule has 0 unspecified atom stereocenters. The number of amides is 1. The normalized spacial score (nSPS) is 15.8. The van der Waals surface area contributed by atoms with E-state index in [2.05, 4.69) is 16.8 Å². The summed E-state index contributed by atoms with van der Waals surface area (Å²) in [6.45, 7) is 7.09. The van der Waals surface area contributed by atoms with Crippen LogP contribution in [0.4, 0.5) is 10.1 Å². The summed E-state index contributed by atoms with van der Waals surface area (Å²) in [5.74, 6) is 0.514. The van der Waals surface area contributed by atoms with Crippen LogP contribution < -0.4 is 15.0 Å². The van der Waals surface area contributed by atoms with Crippen molar-refractivity contribution in [2.24, 2.45) is 0 Å². The summed E-state index contributed by atoms with van der Waals surface area (Å²) in [5, 5.41) is 2.82. The summed E-state index contributed by atoms with van der Waals surface area (Å²) in [6, 6.07) is 12.4. The van der Waals surface area contributed by atoms with E-state index in [0.717, 1.165) is 22.6 Å². The summed E-state index contributed by atoms with van der Waals surface area (Å²) in [6.07, 6.45) is 1.98. The molecule has 0 aliphatic carbocycles. The molecule has 1 aliphatic heterocycles. The van der Waals surface area contributed by atoms with Crippen LogP contribution in [0, 0.1) is 12.7 Å². The Morgan fingerprint density at radius 2 is 2.12 bits per heavy atom. The van der Waals surface area contributed by atoms with Crippen LogP contribution >= 0.6 is 0 Å². The first-order chi connectivity index (χ1) is 12.6. The molecule has 0 aromatic heterocycles. The highest BCUT2D eigenvalue weighted by Gasteiger charge is 2.29. The van der Waals surface area contributed by atoms with Gasteiger partial charge in [-0.05, 0) is 42.3 Å². The lowest BCUT2D eigenvalue weighted by Gasteiger charge is -2.38. The number of hydrogen-bond acceptors (Lipinski definition) is 3. The summed E-state index contributed by atoms with van der Waals surface area (Å²) >= 11 is 0. The molecule has 0 saturated heterocycles. The van der Waals surface area contributed by atoms with E-state index >= 15 is 0 Å². The molecule has 0 bridgehead atoms. The molecular formula is C21H23FN2O2. The molecule has 3 rings (SSSR count). The van der Waals surface area contributed by atoms with Crippen molar-refractivity contribution in [3.63, 3.8) is 0 Å². The summed E-state index contributed by atoms with van der Waals surface area (Å²) in [7, 11) is 0. The number of nitrogens with zero attached hydrogens (tertiary/aromatic N) is 1. The molecule has 0 spiro atoms. The quantitative estimate of drug-likeness (QED) is 0.806. The third kappa shape index (κ3) is 4.23. The standard InChI is InChI=1S/C21H23FN2O2/c1-3-10-23-21(25)12-18-14-26-20-11-15(2)4-9-19(20)24(18)13-16-5-7-17(22)8-6-16/h3-9,11,18H,1,10,12-14H2,2H3,(H,23,25)/t18-/m1/s1. The van der Waals surface area contributed by atoms with Crippen LogP contribution in [0.1, 0.15) is 17.5 Å². The number of rotatable bonds is 6. The number of fused-ring (bicyclic) bond motifs is 1. The lowest BCUT2D eigenvalue weighted by molar-refractivity contribution is -0.121. The van der Waals surface area contributed by atoms with Crippen molar-refractivity contribution in [2.45, 2.75) is 25.9 Å². The Morgan fingerprint density at radius 3 is 2.85 bits per heavy atom. The number of hydrogen-bond donors (Lipinski definition) is 1. The van der Waals surface area contributed by atoms with Crippen molar-refractivity contribution in [1.82, 2.24) is 5.32 Å². The molecular weight excluding hydrogens is 331 g/mol. The maximum absolute atomic E-state index is 13.2. The Balaban J connectivity index is 1.85. The highest BCUT2D eigenvalue weighted by atomic mass is 19.1. The molecule has 0 radical (unpaired) electrons. The molecule has 1 heterocycles. The largest absolute Gasteiger partial charge is 0.489 e. The summed E-state index contributed by atoms with van der Waals surface area (Å²) < 4.78 is 19.1. The van der Waals surface area contributed by atoms with Crippen LogP contribution in [0.3, 0.4) is 0 Å². The van der Waals surface area contributed by atoms with Gasteiger partial charge in [0.2, 0.25) is 5.91 Å². The second kappa shape index (κ2) is 8.04. The molecule has 26 heavy (non-hydrogen) atoms. The first-order valence-corrected chi connectivity index (χ1v) is 8.69. The summed E-state index contributed by atoms with van der Waals surface area (Å²) in [5.41, 5.74) is 3.05. The van der Waals surface area contributed by atoms with Crippen molar-refractivity contribution in [3.05, 3.63) is 72.1 Å². The lowest BCUT2D eigenvalue weighted by atomic mass is 10.0. The number of nitrogens with one attached hydrogen (secondary N) is 1. The molecule has 2 aromatic rings. The van der Waals surface area contributed by atoms with Crippen LogP contribution in [0.5, 0.6) is 5.75 Å². The average molecular weight is 354 g/mol. The van der Waals surface area contributed by atoms with Gasteiger partial charge in [0, 0.05) is 13.1 Å². The fraction of sp³-hybridized carbons (Fsp3) is 0.286. The molecule has 4 nitrogen and oxygen atoms in total. The van der Waals surface area contributed by atoms with Crippen LogP contribution in [0.15, 0.2) is 55.1 Å². The fourth-order valence-electron chi connectivity index (χ4n) is 3.09. The maximum atomic E-state index is 13.2. The summed E-state index contributed by atoms with van der Waals surface area (Å²) in [4.78, 5) is 14.4. The number of ether oxygens (including phenoxy) is 1. The van der Waals surface area contributed by atoms with Crippen molar-refractivity contribution in [2.75, 3.05) is 18.1 Å². The van der Waals surface area contributed by atoms with Gasteiger partial charge in [-0.1, -0.05) is 24.3 Å². The topological polar surface area (TPSA) is 41.6 Å². The van der Waals surface area contributed by atoms with Crippen LogP contribution in [-0.4, -0.2) is 25.1 Å². The van der Waals surface area contributed by atoms with Crippen LogP contribution in [0.25, 0.3) is 0 Å². The maximum Gasteiger partial charge on any atom is 0.222 e. The van der Waals surface area contributed by atoms with E-state index in [9.17, 15) is 9.18 Å². The number of benzene rings is 2. The minimum atomic E-state index is -0.257. The number of carbonyl (C=O) groups is 1. The minimum Gasteiger partial charge on any atom is -0.489 e. The molecule has 1 N–H and O–H groups in total. The van der Waals surface area contributed by atoms with E-state index in [1.54, 1.807) is 18.2 Å². The average Bonchev–Trinajstić information content (AvgIpc) is 2.63. The van der Waals surface area contributed by atoms with E-state index < -0.39 is 0 Å². The zero-order valence-corrected chi connectivity index (χ0v) is 14.9. The van der Waals surface area contributed by atoms with E-state index in [1.807, 2.05) is 25.1 Å². The van der Waals surface area contributed by atoms with Crippen molar-refractivity contribution in [3.8, 4) is 5.75 Å². The monoisotopic (exact) mass is 354 g/mol. The Morgan fingerprint density at radius 1 is 1.35 bits per heavy atom. The number of carbonyl (C=O) groups excluding carboxylic acids is 1. The second-order valence-corrected chi connectivity index (χ2v) is 6.49. The van der Waals surface area contributed by atoms with Gasteiger partial charge in [-0.15, -0.1) is 6.58 Å². The molecule has 0 saturated carbocycles. The number of halogens is 1. The molecule has 136 valence electrons. The van der Waals surface area contributed by atoms with Gasteiger partial charge < -0.3 is 15.0 Å². The Kier molecular flexibility index (Phi) is 5.56. The first kappa shape index (κ1) is 18.0. The zero-order chi connectivity index (χ0) is 18.5. The fourth-order valence-corrected chi connectivity index (χ4v) is 3.09. The number of anilines is 1. The highest BCUT2D eigenvalue weighted by molar-refractivity contribution is 5.78. The highest BCUT2D eigenvalue weighted by Crippen LogP contribution is 2.36. The Hall–Kier alpha value is -2.82. The third-order valence-corrected chi connectivity index (χ3v) is 4.43. The smallest absolute Gasteiger partial charge is 0.222 e. The van der Waals surface area contributed by atoms with Gasteiger partial charge in [0.25, 0.3) is 0 Å². The van der Waals surface area contributed by atoms with Crippen molar-refractivity contribution in [1.29, 1.82) is 0 Å². The van der Waals surface area contributed by atoms with E-state index in [4.69, 9.17) is 4.74 Å². The van der Waals surface area contributed by atoms with E-state index in [1.165, 1.54) is 12.1 Å². The van der Waals surface area contributed by atoms with Crippen LogP contribution in [-0.2, 0) is 11.3 Å². The van der Waals surface area contributed by atoms with Gasteiger partial charge in [0.1, 0.15) is 18.2 Å². The van der Waals surface area contributed by atoms with Gasteiger partial charge in [-0.2, -0.15) is 0 Å². The lowest BCUT2D eigenvalue weighted by Crippen LogP contribution is -2.45. The molecule has 0 fully saturated rings. The molecule has 1 atom stereocenters. The van der Waals surface area contributed by atoms with Gasteiger partial charge in [-0.25, -0.2) is 4.39 Å². The zero-order valence-electron chi connectivity index (χ0n) is 14.9. The predicted octanol–water partition coefficient (Wildman–Crippen LogP) is 3.59. The molecule has 1 amide bonds. The third-order valence-electron chi connectivity index (χ3n) is 4.43. The van der Waals surface area contributed by atoms with Crippen molar-refractivity contribution >= 4 is 11.6 Å². The second-order valence-electron chi connectivity index (χ2n) is 6.49. The predicted molar refractivity (Wildman–Crippen MR) is 101 cm³/mol. The molecule has 2 aromatic carbocycles. The number of aryl methyl sites for hydroxylation is 1. The van der Waals surface area contributed by atoms with Crippen molar-refractivity contribution < 1.29 is 13.9 Å². The van der Waals surface area contributed by atoms with E-state index in [0.29, 0.717) is 26.1 Å². The van der Waals surface area contributed by atoms with Gasteiger partial charge in [-0.3, -0.25) is 4.79 Å². The molecule has 1 aliphatic rings. The van der Waals surface area contributed by atoms with Gasteiger partial charge >= 0.3 is 0 Å². The van der Waals surface area contributed by atoms with E-state index in [-0.39, 0.29) is 17.8 Å². The van der Waals surface area contributed by atoms with Gasteiger partial charge in [0.05, 0.1) is 18.2 Å².